The zero-order valence-electron chi connectivity index (χ0n) is 6.23. The molecular formula is C8H12O3. The second kappa shape index (κ2) is 2.21. The van der Waals surface area contributed by atoms with Crippen molar-refractivity contribution in [1.29, 1.82) is 0 Å². The summed E-state index contributed by atoms with van der Waals surface area (Å²) in [6, 6.07) is 0. The third-order valence-corrected chi connectivity index (χ3v) is 3.12. The van der Waals surface area contributed by atoms with Gasteiger partial charge < -0.3 is 10.2 Å². The Labute approximate surface area is 65.0 Å². The molecule has 0 aromatic rings. The van der Waals surface area contributed by atoms with Crippen LogP contribution < -0.4 is 0 Å². The summed E-state index contributed by atoms with van der Waals surface area (Å²) in [7, 11) is 0. The monoisotopic (exact) mass is 156 g/mol. The predicted molar refractivity (Wildman–Crippen MR) is 37.9 cm³/mol. The number of carbonyl (C=O) groups is 1. The molecule has 62 valence electrons. The van der Waals surface area contributed by atoms with E-state index in [1.165, 1.54) is 0 Å². The maximum atomic E-state index is 10.6. The lowest BCUT2D eigenvalue weighted by Gasteiger charge is -2.09. The molecule has 0 aromatic carbocycles. The molecule has 2 saturated carbocycles. The predicted octanol–water partition coefficient (Wildman–Crippen LogP) is 0.335. The average Bonchev–Trinajstić information content (AvgIpc) is 2.65. The van der Waals surface area contributed by atoms with E-state index in [0.29, 0.717) is 18.3 Å². The minimum Gasteiger partial charge on any atom is -0.481 e. The van der Waals surface area contributed by atoms with E-state index in [9.17, 15) is 4.79 Å². The summed E-state index contributed by atoms with van der Waals surface area (Å²) in [6.07, 6.45) is 1.73. The van der Waals surface area contributed by atoms with Crippen LogP contribution in [-0.4, -0.2) is 22.8 Å². The van der Waals surface area contributed by atoms with Gasteiger partial charge in [-0.1, -0.05) is 0 Å². The summed E-state index contributed by atoms with van der Waals surface area (Å²) in [5, 5.41) is 17.6. The lowest BCUT2D eigenvalue weighted by Crippen LogP contribution is -2.15. The number of hydrogen-bond acceptors (Lipinski definition) is 2. The molecule has 3 heteroatoms. The van der Waals surface area contributed by atoms with Crippen molar-refractivity contribution in [3.8, 4) is 0 Å². The molecule has 0 aromatic heterocycles. The van der Waals surface area contributed by atoms with E-state index in [-0.39, 0.29) is 18.4 Å². The smallest absolute Gasteiger partial charge is 0.306 e. The summed E-state index contributed by atoms with van der Waals surface area (Å²) >= 11 is 0. The first-order chi connectivity index (χ1) is 5.24. The fraction of sp³-hybridized carbons (Fsp3) is 0.875. The number of aliphatic hydroxyl groups excluding tert-OH is 1. The Hall–Kier alpha value is -0.570. The van der Waals surface area contributed by atoms with Crippen molar-refractivity contribution >= 4 is 5.97 Å². The van der Waals surface area contributed by atoms with E-state index >= 15 is 0 Å². The van der Waals surface area contributed by atoms with Crippen LogP contribution in [0.15, 0.2) is 0 Å². The number of hydrogen-bond donors (Lipinski definition) is 2. The Morgan fingerprint density at radius 3 is 2.45 bits per heavy atom. The first-order valence-electron chi connectivity index (χ1n) is 4.07. The van der Waals surface area contributed by atoms with Crippen LogP contribution in [-0.2, 0) is 4.79 Å². The Morgan fingerprint density at radius 2 is 2.09 bits per heavy atom. The summed E-state index contributed by atoms with van der Waals surface area (Å²) in [5.41, 5.74) is 0. The van der Waals surface area contributed by atoms with Crippen molar-refractivity contribution in [1.82, 2.24) is 0 Å². The lowest BCUT2D eigenvalue weighted by molar-refractivity contribution is -0.142. The second-order valence-corrected chi connectivity index (χ2v) is 3.69. The molecule has 2 aliphatic rings. The normalized spacial score (nSPS) is 47.0. The van der Waals surface area contributed by atoms with Crippen LogP contribution in [0.25, 0.3) is 0 Å². The van der Waals surface area contributed by atoms with Crippen molar-refractivity contribution in [3.63, 3.8) is 0 Å². The summed E-state index contributed by atoms with van der Waals surface area (Å²) in [5.74, 6) is 0.373. The summed E-state index contributed by atoms with van der Waals surface area (Å²) in [6.45, 7) is 0.172. The second-order valence-electron chi connectivity index (χ2n) is 3.69. The fourth-order valence-corrected chi connectivity index (χ4v) is 2.41. The van der Waals surface area contributed by atoms with Crippen LogP contribution in [0.2, 0.25) is 0 Å². The van der Waals surface area contributed by atoms with Gasteiger partial charge in [-0.05, 0) is 30.6 Å². The van der Waals surface area contributed by atoms with E-state index in [0.717, 1.165) is 6.42 Å². The highest BCUT2D eigenvalue weighted by Crippen LogP contribution is 2.58. The highest BCUT2D eigenvalue weighted by atomic mass is 16.4. The number of aliphatic carboxylic acids is 1. The lowest BCUT2D eigenvalue weighted by atomic mass is 9.99. The zero-order valence-corrected chi connectivity index (χ0v) is 6.23. The van der Waals surface area contributed by atoms with Gasteiger partial charge in [0.2, 0.25) is 0 Å². The highest BCUT2D eigenvalue weighted by molar-refractivity contribution is 5.71. The molecule has 0 amide bonds. The molecule has 11 heavy (non-hydrogen) atoms. The van der Waals surface area contributed by atoms with Crippen molar-refractivity contribution in [2.24, 2.45) is 23.7 Å². The standard InChI is InChI=1S/C8H12O3/c9-3-4-1-7(8(10)11)6-2-5(4)6/h4-7,9H,1-3H2,(H,10,11). The van der Waals surface area contributed by atoms with E-state index in [1.54, 1.807) is 0 Å². The minimum atomic E-state index is -0.673. The Kier molecular flexibility index (Phi) is 1.42. The Balaban J connectivity index is 2.03. The van der Waals surface area contributed by atoms with Gasteiger partial charge in [0.15, 0.2) is 0 Å². The maximum absolute atomic E-state index is 10.6. The topological polar surface area (TPSA) is 57.5 Å². The molecule has 0 heterocycles. The van der Waals surface area contributed by atoms with Crippen LogP contribution in [0, 0.1) is 23.7 Å². The SMILES string of the molecule is O=C(O)C1CC(CO)C2CC12. The summed E-state index contributed by atoms with van der Waals surface area (Å²) in [4.78, 5) is 10.6. The molecule has 0 saturated heterocycles. The van der Waals surface area contributed by atoms with Crippen LogP contribution in [0.3, 0.4) is 0 Å². The molecule has 2 aliphatic carbocycles. The molecule has 4 unspecified atom stereocenters. The molecule has 0 bridgehead atoms. The van der Waals surface area contributed by atoms with E-state index in [1.807, 2.05) is 0 Å². The molecule has 0 aliphatic heterocycles. The first-order valence-corrected chi connectivity index (χ1v) is 4.07. The minimum absolute atomic E-state index is 0.155. The molecule has 0 spiro atoms. The van der Waals surface area contributed by atoms with Gasteiger partial charge in [-0.25, -0.2) is 0 Å². The van der Waals surface area contributed by atoms with Crippen LogP contribution in [0.5, 0.6) is 0 Å². The molecule has 0 radical (unpaired) electrons. The third-order valence-electron chi connectivity index (χ3n) is 3.12. The van der Waals surface area contributed by atoms with Gasteiger partial charge in [-0.3, -0.25) is 4.79 Å². The number of carboxylic acid groups (broad SMARTS) is 1. The van der Waals surface area contributed by atoms with Crippen molar-refractivity contribution < 1.29 is 15.0 Å². The quantitative estimate of drug-likeness (QED) is 0.606. The van der Waals surface area contributed by atoms with E-state index < -0.39 is 5.97 Å². The van der Waals surface area contributed by atoms with Gasteiger partial charge in [0.1, 0.15) is 0 Å². The molecular weight excluding hydrogens is 144 g/mol. The fourth-order valence-electron chi connectivity index (χ4n) is 2.41. The van der Waals surface area contributed by atoms with Gasteiger partial charge in [-0.2, -0.15) is 0 Å². The van der Waals surface area contributed by atoms with Gasteiger partial charge in [-0.15, -0.1) is 0 Å². The average molecular weight is 156 g/mol. The van der Waals surface area contributed by atoms with Gasteiger partial charge in [0.25, 0.3) is 0 Å². The number of aliphatic hydroxyl groups is 1. The van der Waals surface area contributed by atoms with Gasteiger partial charge in [0, 0.05) is 6.61 Å². The Bertz CT molecular complexity index is 190. The first kappa shape index (κ1) is 7.10. The maximum Gasteiger partial charge on any atom is 0.306 e. The zero-order chi connectivity index (χ0) is 8.01. The molecule has 2 fully saturated rings. The Morgan fingerprint density at radius 1 is 1.36 bits per heavy atom. The van der Waals surface area contributed by atoms with Crippen molar-refractivity contribution in [2.75, 3.05) is 6.61 Å². The molecule has 4 atom stereocenters. The van der Waals surface area contributed by atoms with Gasteiger partial charge in [0.05, 0.1) is 5.92 Å². The van der Waals surface area contributed by atoms with E-state index in [4.69, 9.17) is 10.2 Å². The molecule has 2 N–H and O–H groups in total. The van der Waals surface area contributed by atoms with Crippen LogP contribution in [0.1, 0.15) is 12.8 Å². The van der Waals surface area contributed by atoms with Gasteiger partial charge >= 0.3 is 5.97 Å². The van der Waals surface area contributed by atoms with Crippen molar-refractivity contribution in [2.45, 2.75) is 12.8 Å². The highest BCUT2D eigenvalue weighted by Gasteiger charge is 2.56. The van der Waals surface area contributed by atoms with Crippen LogP contribution >= 0.6 is 0 Å². The van der Waals surface area contributed by atoms with Crippen LogP contribution in [0.4, 0.5) is 0 Å². The number of rotatable bonds is 2. The molecule has 3 nitrogen and oxygen atoms in total. The summed E-state index contributed by atoms with van der Waals surface area (Å²) < 4.78 is 0. The third kappa shape index (κ3) is 0.948. The number of fused-ring (bicyclic) bond motifs is 1. The van der Waals surface area contributed by atoms with Crippen molar-refractivity contribution in [3.05, 3.63) is 0 Å². The van der Waals surface area contributed by atoms with E-state index in [2.05, 4.69) is 0 Å². The largest absolute Gasteiger partial charge is 0.481 e. The molecule has 2 rings (SSSR count). The number of carboxylic acids is 1.